The van der Waals surface area contributed by atoms with Crippen LogP contribution in [-0.4, -0.2) is 17.1 Å². The van der Waals surface area contributed by atoms with Crippen molar-refractivity contribution in [1.82, 2.24) is 0 Å². The third-order valence-electron chi connectivity index (χ3n) is 1.00. The van der Waals surface area contributed by atoms with Crippen LogP contribution in [0.15, 0.2) is 0 Å². The molecule has 0 aliphatic rings. The van der Waals surface area contributed by atoms with E-state index in [0.717, 1.165) is 0 Å². The molecular weight excluding hydrogens is 107 g/mol. The molecule has 0 rings (SSSR count). The fraction of sp³-hybridized carbons (Fsp3) is 0.800. The Hall–Kier alpha value is -0.570. The van der Waals surface area contributed by atoms with E-state index in [1.54, 1.807) is 13.8 Å². The summed E-state index contributed by atoms with van der Waals surface area (Å²) in [6, 6.07) is -0.713. The predicted molar refractivity (Wildman–Crippen MR) is 30.4 cm³/mol. The van der Waals surface area contributed by atoms with Crippen LogP contribution in [0.4, 0.5) is 0 Å². The number of aliphatic carboxylic acids is 1. The van der Waals surface area contributed by atoms with Gasteiger partial charge in [-0.3, -0.25) is 4.79 Å². The van der Waals surface area contributed by atoms with Gasteiger partial charge in [0.05, 0.1) is 0 Å². The first kappa shape index (κ1) is 7.43. The summed E-state index contributed by atoms with van der Waals surface area (Å²) in [7, 11) is 0. The Bertz CT molecular complexity index is 90.4. The van der Waals surface area contributed by atoms with E-state index in [4.69, 9.17) is 10.8 Å². The zero-order chi connectivity index (χ0) is 6.73. The molecule has 8 heavy (non-hydrogen) atoms. The number of carboxylic acids is 1. The molecule has 0 fully saturated rings. The quantitative estimate of drug-likeness (QED) is 0.504. The average Bonchev–Trinajstić information content (AvgIpc) is 1.64. The maximum Gasteiger partial charge on any atom is 0.320 e. The van der Waals surface area contributed by atoms with Gasteiger partial charge in [0.1, 0.15) is 6.04 Å². The van der Waals surface area contributed by atoms with Gasteiger partial charge in [-0.2, -0.15) is 0 Å². The van der Waals surface area contributed by atoms with Crippen LogP contribution >= 0.6 is 0 Å². The predicted octanol–water partition coefficient (Wildman–Crippen LogP) is 0.0543. The number of carbonyl (C=O) groups is 1. The van der Waals surface area contributed by atoms with Crippen LogP contribution in [0.5, 0.6) is 0 Å². The van der Waals surface area contributed by atoms with Crippen molar-refractivity contribution in [3.8, 4) is 0 Å². The van der Waals surface area contributed by atoms with Gasteiger partial charge in [0.25, 0.3) is 0 Å². The molecule has 0 amide bonds. The van der Waals surface area contributed by atoms with Crippen molar-refractivity contribution in [1.29, 1.82) is 0 Å². The van der Waals surface area contributed by atoms with E-state index >= 15 is 0 Å². The summed E-state index contributed by atoms with van der Waals surface area (Å²) in [5.41, 5.74) is 5.16. The monoisotopic (exact) mass is 118 g/mol. The minimum atomic E-state index is -0.931. The van der Waals surface area contributed by atoms with Crippen molar-refractivity contribution in [2.75, 3.05) is 0 Å². The summed E-state index contributed by atoms with van der Waals surface area (Å²) in [4.78, 5) is 10.0. The molecule has 3 nitrogen and oxygen atoms in total. The topological polar surface area (TPSA) is 63.3 Å². The largest absolute Gasteiger partial charge is 0.480 e. The van der Waals surface area contributed by atoms with Crippen LogP contribution in [0.2, 0.25) is 0 Å². The molecule has 3 heteroatoms. The van der Waals surface area contributed by atoms with E-state index in [1.807, 2.05) is 0 Å². The highest BCUT2D eigenvalue weighted by atomic mass is 16.4. The number of hydrogen-bond donors (Lipinski definition) is 2. The molecule has 2 atom stereocenters. The summed E-state index contributed by atoms with van der Waals surface area (Å²) in [5, 5.41) is 8.23. The maximum absolute atomic E-state index is 10.0. The molecule has 0 aromatic heterocycles. The second-order valence-electron chi connectivity index (χ2n) is 2.11. The molecule has 0 heterocycles. The van der Waals surface area contributed by atoms with Crippen LogP contribution in [-0.2, 0) is 4.79 Å². The molecule has 0 saturated heterocycles. The van der Waals surface area contributed by atoms with E-state index in [-0.39, 0.29) is 5.92 Å². The highest BCUT2D eigenvalue weighted by Crippen LogP contribution is 1.96. The molecule has 3 N–H and O–H groups in total. The second-order valence-corrected chi connectivity index (χ2v) is 2.11. The Morgan fingerprint density at radius 1 is 1.62 bits per heavy atom. The molecule has 0 radical (unpaired) electrons. The first-order valence-electron chi connectivity index (χ1n) is 2.54. The molecule has 0 aliphatic carbocycles. The molecule has 0 spiro atoms. The lowest BCUT2D eigenvalue weighted by Crippen LogP contribution is -2.34. The Balaban J connectivity index is 3.64. The van der Waals surface area contributed by atoms with Gasteiger partial charge in [0.15, 0.2) is 0 Å². The number of carboxylic acid groups (broad SMARTS) is 1. The van der Waals surface area contributed by atoms with Crippen LogP contribution in [0.1, 0.15) is 13.8 Å². The zero-order valence-corrected chi connectivity index (χ0v) is 5.09. The summed E-state index contributed by atoms with van der Waals surface area (Å²) in [5.74, 6) is -0.910. The Labute approximate surface area is 48.5 Å². The van der Waals surface area contributed by atoms with E-state index in [2.05, 4.69) is 0 Å². The average molecular weight is 118 g/mol. The van der Waals surface area contributed by atoms with Gasteiger partial charge >= 0.3 is 5.97 Å². The Kier molecular flexibility index (Phi) is 2.48. The molecule has 0 saturated carbocycles. The second kappa shape index (κ2) is 2.67. The standard InChI is InChI=1S/C5H11NO2/c1-3(2)4(6)5(7)8/h3-4H,6H2,1-2H3,(H,7,8)/t4-/m0/s1/i1+1/t3-,4-. The van der Waals surface area contributed by atoms with E-state index < -0.39 is 12.0 Å². The summed E-state index contributed by atoms with van der Waals surface area (Å²) >= 11 is 0. The summed E-state index contributed by atoms with van der Waals surface area (Å²) in [6.45, 7) is 3.55. The first-order valence-corrected chi connectivity index (χ1v) is 2.54. The van der Waals surface area contributed by atoms with E-state index in [1.165, 1.54) is 0 Å². The molecule has 0 aromatic carbocycles. The number of nitrogens with two attached hydrogens (primary N) is 1. The highest BCUT2D eigenvalue weighted by molar-refractivity contribution is 5.73. The van der Waals surface area contributed by atoms with Gasteiger partial charge in [-0.15, -0.1) is 0 Å². The number of rotatable bonds is 2. The molecular formula is C5H11NO2. The number of hydrogen-bond acceptors (Lipinski definition) is 2. The van der Waals surface area contributed by atoms with Gasteiger partial charge in [0, 0.05) is 0 Å². The third kappa shape index (κ3) is 1.93. The summed E-state index contributed by atoms with van der Waals surface area (Å²) < 4.78 is 0. The summed E-state index contributed by atoms with van der Waals surface area (Å²) in [6.07, 6.45) is 0. The lowest BCUT2D eigenvalue weighted by atomic mass is 10.1. The van der Waals surface area contributed by atoms with Gasteiger partial charge in [-0.05, 0) is 5.92 Å². The smallest absolute Gasteiger partial charge is 0.320 e. The van der Waals surface area contributed by atoms with Crippen molar-refractivity contribution in [3.63, 3.8) is 0 Å². The minimum Gasteiger partial charge on any atom is -0.480 e. The molecule has 0 unspecified atom stereocenters. The van der Waals surface area contributed by atoms with Gasteiger partial charge in [0.2, 0.25) is 0 Å². The Morgan fingerprint density at radius 2 is 2.00 bits per heavy atom. The fourth-order valence-corrected chi connectivity index (χ4v) is 0.285. The molecule has 0 aliphatic heterocycles. The molecule has 48 valence electrons. The van der Waals surface area contributed by atoms with Crippen LogP contribution < -0.4 is 5.73 Å². The third-order valence-corrected chi connectivity index (χ3v) is 1.00. The fourth-order valence-electron chi connectivity index (χ4n) is 0.285. The van der Waals surface area contributed by atoms with Gasteiger partial charge < -0.3 is 10.8 Å². The lowest BCUT2D eigenvalue weighted by Gasteiger charge is -2.07. The SMILES string of the molecule is C[C@H]([13CH3])[C@H](N)C(=O)O. The van der Waals surface area contributed by atoms with Crippen molar-refractivity contribution < 1.29 is 9.90 Å². The molecule has 0 bridgehead atoms. The minimum absolute atomic E-state index is 0.0208. The van der Waals surface area contributed by atoms with Crippen LogP contribution in [0, 0.1) is 5.92 Å². The van der Waals surface area contributed by atoms with Gasteiger partial charge in [-0.1, -0.05) is 13.8 Å². The van der Waals surface area contributed by atoms with Crippen molar-refractivity contribution >= 4 is 5.97 Å². The maximum atomic E-state index is 10.0. The lowest BCUT2D eigenvalue weighted by molar-refractivity contribution is -0.139. The van der Waals surface area contributed by atoms with Crippen molar-refractivity contribution in [2.45, 2.75) is 19.9 Å². The van der Waals surface area contributed by atoms with Crippen LogP contribution in [0.3, 0.4) is 0 Å². The van der Waals surface area contributed by atoms with E-state index in [9.17, 15) is 4.79 Å². The Morgan fingerprint density at radius 3 is 2.00 bits per heavy atom. The molecule has 0 aromatic rings. The van der Waals surface area contributed by atoms with Gasteiger partial charge in [-0.25, -0.2) is 0 Å². The zero-order valence-electron chi connectivity index (χ0n) is 5.09. The van der Waals surface area contributed by atoms with E-state index in [0.29, 0.717) is 0 Å². The first-order chi connectivity index (χ1) is 3.55. The van der Waals surface area contributed by atoms with Crippen LogP contribution in [0.25, 0.3) is 0 Å². The van der Waals surface area contributed by atoms with Crippen molar-refractivity contribution in [3.05, 3.63) is 0 Å². The van der Waals surface area contributed by atoms with Crippen molar-refractivity contribution in [2.24, 2.45) is 11.7 Å². The normalized spacial score (nSPS) is 17.4. The highest BCUT2D eigenvalue weighted by Gasteiger charge is 2.14.